The third-order valence-electron chi connectivity index (χ3n) is 2.67. The average molecular weight is 270 g/mol. The fourth-order valence-corrected chi connectivity index (χ4v) is 1.66. The van der Waals surface area contributed by atoms with Crippen LogP contribution in [0.2, 0.25) is 0 Å². The van der Waals surface area contributed by atoms with Gasteiger partial charge in [-0.25, -0.2) is 4.39 Å². The summed E-state index contributed by atoms with van der Waals surface area (Å²) in [4.78, 5) is 12.0. The fourth-order valence-electron chi connectivity index (χ4n) is 1.66. The fraction of sp³-hybridized carbons (Fsp3) is 0. The normalized spacial score (nSPS) is 9.80. The first kappa shape index (κ1) is 13.4. The van der Waals surface area contributed by atoms with Crippen LogP contribution in [-0.4, -0.2) is 5.91 Å². The Morgan fingerprint density at radius 2 is 1.95 bits per heavy atom. The topological polar surface area (TPSA) is 105 Å². The first-order valence-electron chi connectivity index (χ1n) is 5.67. The quantitative estimate of drug-likeness (QED) is 0.727. The van der Waals surface area contributed by atoms with Crippen LogP contribution in [0.3, 0.4) is 0 Å². The van der Waals surface area contributed by atoms with Crippen molar-refractivity contribution < 1.29 is 9.18 Å². The van der Waals surface area contributed by atoms with Crippen LogP contribution in [-0.2, 0) is 0 Å². The molecule has 0 fully saturated rings. The van der Waals surface area contributed by atoms with E-state index in [-0.39, 0.29) is 22.5 Å². The smallest absolute Gasteiger partial charge is 0.257 e. The van der Waals surface area contributed by atoms with Crippen LogP contribution in [0.25, 0.3) is 0 Å². The molecule has 5 N–H and O–H groups in total. The van der Waals surface area contributed by atoms with Crippen molar-refractivity contribution >= 4 is 23.0 Å². The predicted octanol–water partition coefficient (Wildman–Crippen LogP) is 2.11. The molecular formula is C14H11FN4O. The zero-order valence-electron chi connectivity index (χ0n) is 10.4. The monoisotopic (exact) mass is 270 g/mol. The van der Waals surface area contributed by atoms with E-state index < -0.39 is 11.7 Å². The van der Waals surface area contributed by atoms with Gasteiger partial charge in [-0.15, -0.1) is 0 Å². The Morgan fingerprint density at radius 1 is 1.20 bits per heavy atom. The van der Waals surface area contributed by atoms with Gasteiger partial charge < -0.3 is 16.8 Å². The summed E-state index contributed by atoms with van der Waals surface area (Å²) in [6, 6.07) is 10.0. The highest BCUT2D eigenvalue weighted by Crippen LogP contribution is 2.20. The third kappa shape index (κ3) is 2.67. The molecule has 2 rings (SSSR count). The van der Waals surface area contributed by atoms with Crippen LogP contribution in [0, 0.1) is 17.1 Å². The minimum absolute atomic E-state index is 0.0229. The Bertz CT molecular complexity index is 722. The number of hydrogen-bond donors (Lipinski definition) is 3. The highest BCUT2D eigenvalue weighted by Gasteiger charge is 2.12. The number of nitrogens with one attached hydrogen (secondary N) is 1. The molecule has 20 heavy (non-hydrogen) atoms. The molecule has 0 unspecified atom stereocenters. The van der Waals surface area contributed by atoms with Crippen LogP contribution in [0.1, 0.15) is 15.9 Å². The van der Waals surface area contributed by atoms with E-state index in [0.29, 0.717) is 5.69 Å². The summed E-state index contributed by atoms with van der Waals surface area (Å²) in [5.74, 6) is -1.24. The minimum atomic E-state index is -0.689. The van der Waals surface area contributed by atoms with E-state index in [1.807, 2.05) is 6.07 Å². The number of rotatable bonds is 2. The maximum Gasteiger partial charge on any atom is 0.257 e. The van der Waals surface area contributed by atoms with Gasteiger partial charge in [-0.2, -0.15) is 5.26 Å². The van der Waals surface area contributed by atoms with Gasteiger partial charge in [0.05, 0.1) is 22.9 Å². The summed E-state index contributed by atoms with van der Waals surface area (Å²) >= 11 is 0. The van der Waals surface area contributed by atoms with Gasteiger partial charge in [0.25, 0.3) is 5.91 Å². The molecule has 0 aliphatic heterocycles. The van der Waals surface area contributed by atoms with Crippen LogP contribution in [0.15, 0.2) is 36.4 Å². The van der Waals surface area contributed by atoms with Crippen LogP contribution in [0.5, 0.6) is 0 Å². The van der Waals surface area contributed by atoms with E-state index in [1.165, 1.54) is 30.3 Å². The summed E-state index contributed by atoms with van der Waals surface area (Å²) in [5.41, 5.74) is 12.2. The predicted molar refractivity (Wildman–Crippen MR) is 74.3 cm³/mol. The summed E-state index contributed by atoms with van der Waals surface area (Å²) in [6.45, 7) is 0. The lowest BCUT2D eigenvalue weighted by molar-refractivity contribution is 0.102. The second-order valence-electron chi connectivity index (χ2n) is 4.11. The Hall–Kier alpha value is -3.07. The molecule has 0 radical (unpaired) electrons. The molecule has 0 bridgehead atoms. The van der Waals surface area contributed by atoms with Crippen LogP contribution < -0.4 is 16.8 Å². The second kappa shape index (κ2) is 5.28. The lowest BCUT2D eigenvalue weighted by Crippen LogP contribution is -2.15. The zero-order chi connectivity index (χ0) is 14.7. The summed E-state index contributed by atoms with van der Waals surface area (Å²) in [6.07, 6.45) is 0. The van der Waals surface area contributed by atoms with E-state index in [2.05, 4.69) is 5.32 Å². The molecule has 0 heterocycles. The number of nitrogens with two attached hydrogens (primary N) is 2. The third-order valence-corrected chi connectivity index (χ3v) is 2.67. The molecule has 2 aromatic carbocycles. The van der Waals surface area contributed by atoms with Crippen molar-refractivity contribution in [3.63, 3.8) is 0 Å². The lowest BCUT2D eigenvalue weighted by atomic mass is 10.1. The highest BCUT2D eigenvalue weighted by atomic mass is 19.1. The molecule has 6 heteroatoms. The standard InChI is InChI=1S/C14H11FN4O/c15-11-5-8(7-16)1-4-13(11)19-14(20)10-3-2-9(17)6-12(10)18/h1-6H,17-18H2,(H,19,20). The second-order valence-corrected chi connectivity index (χ2v) is 4.11. The van der Waals surface area contributed by atoms with Crippen molar-refractivity contribution in [2.45, 2.75) is 0 Å². The minimum Gasteiger partial charge on any atom is -0.399 e. The van der Waals surface area contributed by atoms with Crippen LogP contribution in [0.4, 0.5) is 21.5 Å². The number of nitrogen functional groups attached to an aromatic ring is 2. The number of halogens is 1. The molecule has 0 saturated carbocycles. The SMILES string of the molecule is N#Cc1ccc(NC(=O)c2ccc(N)cc2N)c(F)c1. The highest BCUT2D eigenvalue weighted by molar-refractivity contribution is 6.08. The number of hydrogen-bond acceptors (Lipinski definition) is 4. The van der Waals surface area contributed by atoms with Crippen molar-refractivity contribution in [2.75, 3.05) is 16.8 Å². The van der Waals surface area contributed by atoms with E-state index >= 15 is 0 Å². The molecule has 0 aliphatic rings. The van der Waals surface area contributed by atoms with Gasteiger partial charge in [0.15, 0.2) is 0 Å². The van der Waals surface area contributed by atoms with E-state index in [0.717, 1.165) is 6.07 Å². The molecule has 5 nitrogen and oxygen atoms in total. The lowest BCUT2D eigenvalue weighted by Gasteiger charge is -2.09. The largest absolute Gasteiger partial charge is 0.399 e. The number of carbonyl (C=O) groups excluding carboxylic acids is 1. The van der Waals surface area contributed by atoms with Gasteiger partial charge in [-0.3, -0.25) is 4.79 Å². The summed E-state index contributed by atoms with van der Waals surface area (Å²) < 4.78 is 13.7. The number of nitriles is 1. The molecule has 2 aromatic rings. The van der Waals surface area contributed by atoms with Crippen molar-refractivity contribution in [2.24, 2.45) is 0 Å². The van der Waals surface area contributed by atoms with Crippen molar-refractivity contribution in [1.29, 1.82) is 5.26 Å². The summed E-state index contributed by atoms with van der Waals surface area (Å²) in [7, 11) is 0. The molecule has 0 saturated heterocycles. The molecule has 1 amide bonds. The molecule has 0 atom stereocenters. The number of anilines is 3. The molecule has 0 aromatic heterocycles. The number of amides is 1. The molecular weight excluding hydrogens is 259 g/mol. The van der Waals surface area contributed by atoms with Gasteiger partial charge in [-0.05, 0) is 36.4 Å². The van der Waals surface area contributed by atoms with Gasteiger partial charge in [-0.1, -0.05) is 0 Å². The molecule has 0 aliphatic carbocycles. The van der Waals surface area contributed by atoms with Crippen LogP contribution >= 0.6 is 0 Å². The van der Waals surface area contributed by atoms with Gasteiger partial charge >= 0.3 is 0 Å². The zero-order valence-corrected chi connectivity index (χ0v) is 10.4. The van der Waals surface area contributed by atoms with E-state index in [4.69, 9.17) is 16.7 Å². The van der Waals surface area contributed by atoms with Gasteiger partial charge in [0, 0.05) is 11.4 Å². The number of benzene rings is 2. The maximum absolute atomic E-state index is 13.7. The Morgan fingerprint density at radius 3 is 2.55 bits per heavy atom. The van der Waals surface area contributed by atoms with E-state index in [1.54, 1.807) is 0 Å². The first-order chi connectivity index (χ1) is 9.51. The maximum atomic E-state index is 13.7. The van der Waals surface area contributed by atoms with Crippen molar-refractivity contribution in [3.05, 3.63) is 53.3 Å². The number of carbonyl (C=O) groups is 1. The van der Waals surface area contributed by atoms with Crippen molar-refractivity contribution in [3.8, 4) is 6.07 Å². The molecule has 0 spiro atoms. The Labute approximate surface area is 114 Å². The Balaban J connectivity index is 2.26. The molecule has 100 valence electrons. The Kier molecular flexibility index (Phi) is 3.53. The average Bonchev–Trinajstić information content (AvgIpc) is 2.40. The number of nitrogens with zero attached hydrogens (tertiary/aromatic N) is 1. The van der Waals surface area contributed by atoms with Crippen molar-refractivity contribution in [1.82, 2.24) is 0 Å². The van der Waals surface area contributed by atoms with E-state index in [9.17, 15) is 9.18 Å². The van der Waals surface area contributed by atoms with Gasteiger partial charge in [0.2, 0.25) is 0 Å². The first-order valence-corrected chi connectivity index (χ1v) is 5.67. The van der Waals surface area contributed by atoms with Gasteiger partial charge in [0.1, 0.15) is 5.82 Å². The summed E-state index contributed by atoms with van der Waals surface area (Å²) in [5, 5.41) is 11.0.